The number of aryl methyl sites for hydroxylation is 1. The Morgan fingerprint density at radius 3 is 2.29 bits per heavy atom. The van der Waals surface area contributed by atoms with Crippen molar-refractivity contribution in [2.75, 3.05) is 19.0 Å². The van der Waals surface area contributed by atoms with E-state index >= 15 is 0 Å². The molecule has 132 valence electrons. The van der Waals surface area contributed by atoms with Crippen molar-refractivity contribution in [1.29, 1.82) is 0 Å². The second kappa shape index (κ2) is 5.88. The molecular weight excluding hydrogens is 376 g/mol. The normalized spacial score (nSPS) is 12.5. The highest BCUT2D eigenvalue weighted by Crippen LogP contribution is 2.31. The van der Waals surface area contributed by atoms with Crippen molar-refractivity contribution >= 4 is 25.7 Å². The van der Waals surface area contributed by atoms with Gasteiger partial charge in [-0.3, -0.25) is 0 Å². The number of aromatic nitrogens is 3. The third kappa shape index (κ3) is 3.46. The fourth-order valence-electron chi connectivity index (χ4n) is 1.94. The average Bonchev–Trinajstić information content (AvgIpc) is 2.81. The number of hydrogen-bond donors (Lipinski definition) is 0. The summed E-state index contributed by atoms with van der Waals surface area (Å²) in [4.78, 5) is 4.06. The Kier molecular flexibility index (Phi) is 4.53. The summed E-state index contributed by atoms with van der Waals surface area (Å²) in [5, 5.41) is 3.25. The van der Waals surface area contributed by atoms with Crippen molar-refractivity contribution in [2.24, 2.45) is 0 Å². The summed E-state index contributed by atoms with van der Waals surface area (Å²) in [6, 6.07) is 1.66. The molecule has 24 heavy (non-hydrogen) atoms. The zero-order valence-electron chi connectivity index (χ0n) is 12.6. The van der Waals surface area contributed by atoms with Gasteiger partial charge >= 0.3 is 6.18 Å². The monoisotopic (exact) mass is 386 g/mol. The van der Waals surface area contributed by atoms with E-state index in [1.54, 1.807) is 0 Å². The summed E-state index contributed by atoms with van der Waals surface area (Å²) in [5.41, 5.74) is -0.514. The van der Waals surface area contributed by atoms with E-state index in [9.17, 15) is 26.0 Å². The number of rotatable bonds is 3. The van der Waals surface area contributed by atoms with Crippen LogP contribution in [0.1, 0.15) is 11.4 Å². The quantitative estimate of drug-likeness (QED) is 0.599. The lowest BCUT2D eigenvalue weighted by molar-refractivity contribution is -0.144. The third-order valence-electron chi connectivity index (χ3n) is 2.98. The standard InChI is InChI=1S/C12H11ClF4N4O2S/c1-6-4-7(14)8(5-9(6)24(13,22)23)21-11(20(2)3)18-10(19-21)12(15,16)17/h4-5H,1-3H3. The van der Waals surface area contributed by atoms with Crippen molar-refractivity contribution in [2.45, 2.75) is 18.0 Å². The molecule has 2 aromatic rings. The van der Waals surface area contributed by atoms with Gasteiger partial charge in [0.2, 0.25) is 5.95 Å². The van der Waals surface area contributed by atoms with Crippen molar-refractivity contribution in [3.63, 3.8) is 0 Å². The maximum Gasteiger partial charge on any atom is 0.453 e. The van der Waals surface area contributed by atoms with Crippen LogP contribution in [0, 0.1) is 12.7 Å². The van der Waals surface area contributed by atoms with E-state index in [-0.39, 0.29) is 11.5 Å². The highest BCUT2D eigenvalue weighted by atomic mass is 35.7. The number of alkyl halides is 3. The first-order chi connectivity index (χ1) is 10.8. The van der Waals surface area contributed by atoms with Crippen LogP contribution in [0.5, 0.6) is 0 Å². The predicted octanol–water partition coefficient (Wildman–Crippen LogP) is 2.73. The number of halogens is 5. The second-order valence-electron chi connectivity index (χ2n) is 5.05. The Balaban J connectivity index is 2.79. The summed E-state index contributed by atoms with van der Waals surface area (Å²) in [6.45, 7) is 1.30. The van der Waals surface area contributed by atoms with Crippen LogP contribution in [0.15, 0.2) is 17.0 Å². The average molecular weight is 387 g/mol. The first-order valence-electron chi connectivity index (χ1n) is 6.29. The Morgan fingerprint density at radius 2 is 1.83 bits per heavy atom. The highest BCUT2D eigenvalue weighted by molar-refractivity contribution is 8.13. The van der Waals surface area contributed by atoms with E-state index in [1.807, 2.05) is 0 Å². The van der Waals surface area contributed by atoms with Gasteiger partial charge < -0.3 is 4.90 Å². The minimum atomic E-state index is -4.85. The molecule has 1 aromatic heterocycles. The van der Waals surface area contributed by atoms with Crippen LogP contribution in [0.4, 0.5) is 23.5 Å². The molecule has 0 radical (unpaired) electrons. The van der Waals surface area contributed by atoms with Gasteiger partial charge in [-0.15, -0.1) is 5.10 Å². The van der Waals surface area contributed by atoms with E-state index < -0.39 is 37.5 Å². The number of hydrogen-bond acceptors (Lipinski definition) is 5. The molecule has 6 nitrogen and oxygen atoms in total. The SMILES string of the molecule is Cc1cc(F)c(-n2nc(C(F)(F)F)nc2N(C)C)cc1S(=O)(=O)Cl. The molecule has 12 heteroatoms. The van der Waals surface area contributed by atoms with Crippen molar-refractivity contribution < 1.29 is 26.0 Å². The van der Waals surface area contributed by atoms with Gasteiger partial charge in [0.15, 0.2) is 0 Å². The molecule has 1 heterocycles. The lowest BCUT2D eigenvalue weighted by Gasteiger charge is -2.14. The molecule has 0 N–H and O–H groups in total. The Hall–Kier alpha value is -1.88. The minimum absolute atomic E-state index is 0.00816. The molecule has 0 saturated heterocycles. The molecule has 0 bridgehead atoms. The Morgan fingerprint density at radius 1 is 1.25 bits per heavy atom. The fourth-order valence-corrected chi connectivity index (χ4v) is 3.14. The van der Waals surface area contributed by atoms with Crippen molar-refractivity contribution in [3.8, 4) is 5.69 Å². The molecular formula is C12H11ClF4N4O2S. The number of anilines is 1. The molecule has 0 fully saturated rings. The topological polar surface area (TPSA) is 68.1 Å². The highest BCUT2D eigenvalue weighted by Gasteiger charge is 2.38. The van der Waals surface area contributed by atoms with Gasteiger partial charge in [-0.1, -0.05) is 0 Å². The summed E-state index contributed by atoms with van der Waals surface area (Å²) < 4.78 is 76.4. The van der Waals surface area contributed by atoms with Gasteiger partial charge in [0, 0.05) is 24.8 Å². The van der Waals surface area contributed by atoms with Gasteiger partial charge in [-0.05, 0) is 24.6 Å². The number of benzene rings is 1. The largest absolute Gasteiger partial charge is 0.453 e. The zero-order valence-corrected chi connectivity index (χ0v) is 14.1. The van der Waals surface area contributed by atoms with Gasteiger partial charge in [-0.25, -0.2) is 12.8 Å². The molecule has 0 unspecified atom stereocenters. The summed E-state index contributed by atoms with van der Waals surface area (Å²) in [5.74, 6) is -2.79. The van der Waals surface area contributed by atoms with Crippen molar-refractivity contribution in [3.05, 3.63) is 29.3 Å². The van der Waals surface area contributed by atoms with Gasteiger partial charge in [0.1, 0.15) is 11.5 Å². The van der Waals surface area contributed by atoms with Crippen LogP contribution in [0.25, 0.3) is 5.69 Å². The van der Waals surface area contributed by atoms with Crippen LogP contribution in [0.3, 0.4) is 0 Å². The molecule has 0 atom stereocenters. The Bertz CT molecular complexity index is 893. The van der Waals surface area contributed by atoms with Gasteiger partial charge in [-0.2, -0.15) is 22.8 Å². The molecule has 0 aliphatic heterocycles. The van der Waals surface area contributed by atoms with Crippen LogP contribution in [-0.2, 0) is 15.2 Å². The molecule has 0 aliphatic rings. The smallest absolute Gasteiger partial charge is 0.347 e. The van der Waals surface area contributed by atoms with Gasteiger partial charge in [0.05, 0.1) is 4.90 Å². The minimum Gasteiger partial charge on any atom is -0.347 e. The molecule has 0 spiro atoms. The fraction of sp³-hybridized carbons (Fsp3) is 0.333. The summed E-state index contributed by atoms with van der Waals surface area (Å²) in [6.07, 6.45) is -4.85. The zero-order chi connectivity index (χ0) is 18.4. The van der Waals surface area contributed by atoms with E-state index in [0.717, 1.165) is 12.1 Å². The van der Waals surface area contributed by atoms with Crippen LogP contribution < -0.4 is 4.90 Å². The maximum absolute atomic E-state index is 14.2. The lowest BCUT2D eigenvalue weighted by Crippen LogP contribution is -2.16. The molecule has 2 rings (SSSR count). The van der Waals surface area contributed by atoms with Crippen LogP contribution in [0.2, 0.25) is 0 Å². The number of nitrogens with zero attached hydrogens (tertiary/aromatic N) is 4. The molecule has 0 aliphatic carbocycles. The first kappa shape index (κ1) is 18.5. The van der Waals surface area contributed by atoms with Crippen LogP contribution in [-0.4, -0.2) is 37.3 Å². The van der Waals surface area contributed by atoms with E-state index in [0.29, 0.717) is 4.68 Å². The molecule has 1 aromatic carbocycles. The second-order valence-corrected chi connectivity index (χ2v) is 7.58. The molecule has 0 saturated carbocycles. The maximum atomic E-state index is 14.2. The van der Waals surface area contributed by atoms with Crippen LogP contribution >= 0.6 is 10.7 Å². The van der Waals surface area contributed by atoms with E-state index in [1.165, 1.54) is 25.9 Å². The van der Waals surface area contributed by atoms with E-state index in [4.69, 9.17) is 10.7 Å². The first-order valence-corrected chi connectivity index (χ1v) is 8.60. The Labute approximate surface area is 139 Å². The summed E-state index contributed by atoms with van der Waals surface area (Å²) >= 11 is 0. The summed E-state index contributed by atoms with van der Waals surface area (Å²) in [7, 11) is 3.80. The molecule has 0 amide bonds. The third-order valence-corrected chi connectivity index (χ3v) is 4.44. The lowest BCUT2D eigenvalue weighted by atomic mass is 10.2. The van der Waals surface area contributed by atoms with Crippen molar-refractivity contribution in [1.82, 2.24) is 14.8 Å². The van der Waals surface area contributed by atoms with Gasteiger partial charge in [0.25, 0.3) is 14.9 Å². The van der Waals surface area contributed by atoms with E-state index in [2.05, 4.69) is 10.1 Å². The predicted molar refractivity (Wildman–Crippen MR) is 78.4 cm³/mol.